The molecule has 3 heterocycles. The Morgan fingerprint density at radius 2 is 2.04 bits per heavy atom. The lowest BCUT2D eigenvalue weighted by molar-refractivity contribution is -0.138. The summed E-state index contributed by atoms with van der Waals surface area (Å²) in [5.41, 5.74) is 3.74. The zero-order valence-electron chi connectivity index (χ0n) is 11.9. The van der Waals surface area contributed by atoms with Gasteiger partial charge in [-0.2, -0.15) is 13.2 Å². The first kappa shape index (κ1) is 15.7. The van der Waals surface area contributed by atoms with Gasteiger partial charge in [-0.3, -0.25) is 0 Å². The standard InChI is InChI=1S/C13H14F4N6/c14-7-3-19-2-1-6(7)10-9(13(15,16)17)11(23-12(18)22-10)8-4-20-5-21-8/h4-7,19H,1-3H2,(H,20,21)(H2,18,22,23)/t6-,7+/m1/s1. The third-order valence-electron chi connectivity index (χ3n) is 3.75. The second-order valence-corrected chi connectivity index (χ2v) is 5.27. The largest absolute Gasteiger partial charge is 0.420 e. The van der Waals surface area contributed by atoms with Crippen molar-refractivity contribution in [2.75, 3.05) is 18.8 Å². The number of aromatic nitrogens is 4. The van der Waals surface area contributed by atoms with Crippen molar-refractivity contribution in [3.05, 3.63) is 23.8 Å². The fourth-order valence-corrected chi connectivity index (χ4v) is 2.75. The summed E-state index contributed by atoms with van der Waals surface area (Å²) in [7, 11) is 0. The normalized spacial score (nSPS) is 22.3. The molecule has 124 valence electrons. The maximum absolute atomic E-state index is 14.2. The summed E-state index contributed by atoms with van der Waals surface area (Å²) >= 11 is 0. The second kappa shape index (κ2) is 5.76. The SMILES string of the molecule is Nc1nc(-c2cnc[nH]2)c(C(F)(F)F)c([C@@H]2CCNC[C@@H]2F)n1. The Balaban J connectivity index is 2.22. The van der Waals surface area contributed by atoms with E-state index in [0.29, 0.717) is 6.54 Å². The molecule has 4 N–H and O–H groups in total. The van der Waals surface area contributed by atoms with Crippen molar-refractivity contribution in [3.8, 4) is 11.4 Å². The Kier molecular flexibility index (Phi) is 3.92. The number of imidazole rings is 1. The highest BCUT2D eigenvalue weighted by molar-refractivity contribution is 5.62. The summed E-state index contributed by atoms with van der Waals surface area (Å²) in [6.07, 6.45) is -3.59. The lowest BCUT2D eigenvalue weighted by Crippen LogP contribution is -2.38. The number of rotatable bonds is 2. The summed E-state index contributed by atoms with van der Waals surface area (Å²) in [6, 6.07) is 0. The van der Waals surface area contributed by atoms with Crippen molar-refractivity contribution in [3.63, 3.8) is 0 Å². The van der Waals surface area contributed by atoms with Crippen LogP contribution in [0.2, 0.25) is 0 Å². The van der Waals surface area contributed by atoms with E-state index in [0.717, 1.165) is 0 Å². The fourth-order valence-electron chi connectivity index (χ4n) is 2.75. The molecule has 0 unspecified atom stereocenters. The number of halogens is 4. The van der Waals surface area contributed by atoms with Crippen molar-refractivity contribution in [1.82, 2.24) is 25.3 Å². The van der Waals surface area contributed by atoms with Crippen LogP contribution in [0.5, 0.6) is 0 Å². The van der Waals surface area contributed by atoms with Crippen LogP contribution in [-0.4, -0.2) is 39.2 Å². The molecule has 0 bridgehead atoms. The van der Waals surface area contributed by atoms with E-state index in [1.807, 2.05) is 0 Å². The van der Waals surface area contributed by atoms with Crippen LogP contribution in [0, 0.1) is 0 Å². The van der Waals surface area contributed by atoms with E-state index < -0.39 is 35.2 Å². The van der Waals surface area contributed by atoms with Gasteiger partial charge in [0.05, 0.1) is 23.9 Å². The van der Waals surface area contributed by atoms with E-state index in [4.69, 9.17) is 5.73 Å². The number of nitrogens with one attached hydrogen (secondary N) is 2. The maximum atomic E-state index is 14.2. The summed E-state index contributed by atoms with van der Waals surface area (Å²) in [4.78, 5) is 13.7. The summed E-state index contributed by atoms with van der Waals surface area (Å²) in [6.45, 7) is 0.386. The molecule has 0 radical (unpaired) electrons. The Hall–Kier alpha value is -2.23. The van der Waals surface area contributed by atoms with Crippen molar-refractivity contribution in [2.24, 2.45) is 0 Å². The number of hydrogen-bond donors (Lipinski definition) is 3. The van der Waals surface area contributed by atoms with Crippen LogP contribution in [0.25, 0.3) is 11.4 Å². The summed E-state index contributed by atoms with van der Waals surface area (Å²) < 4.78 is 55.0. The molecule has 23 heavy (non-hydrogen) atoms. The second-order valence-electron chi connectivity index (χ2n) is 5.27. The molecule has 2 aromatic heterocycles. The number of aromatic amines is 1. The Morgan fingerprint density at radius 3 is 2.65 bits per heavy atom. The van der Waals surface area contributed by atoms with E-state index in [-0.39, 0.29) is 24.6 Å². The lowest BCUT2D eigenvalue weighted by atomic mass is 9.88. The number of nitrogen functional groups attached to an aromatic ring is 1. The van der Waals surface area contributed by atoms with Crippen LogP contribution in [0.4, 0.5) is 23.5 Å². The molecule has 6 nitrogen and oxygen atoms in total. The van der Waals surface area contributed by atoms with Gasteiger partial charge in [-0.15, -0.1) is 0 Å². The third kappa shape index (κ3) is 2.98. The van der Waals surface area contributed by atoms with Crippen molar-refractivity contribution < 1.29 is 17.6 Å². The van der Waals surface area contributed by atoms with Gasteiger partial charge < -0.3 is 16.0 Å². The van der Waals surface area contributed by atoms with Gasteiger partial charge in [-0.05, 0) is 13.0 Å². The molecule has 0 amide bonds. The Labute approximate surface area is 128 Å². The molecule has 1 aliphatic rings. The highest BCUT2D eigenvalue weighted by Gasteiger charge is 2.43. The van der Waals surface area contributed by atoms with Gasteiger partial charge in [0.15, 0.2) is 0 Å². The number of H-pyrrole nitrogens is 1. The minimum atomic E-state index is -4.74. The molecule has 3 rings (SSSR count). The molecule has 0 aliphatic carbocycles. The van der Waals surface area contributed by atoms with Gasteiger partial charge in [0.2, 0.25) is 5.95 Å². The smallest absolute Gasteiger partial charge is 0.368 e. The topological polar surface area (TPSA) is 92.5 Å². The van der Waals surface area contributed by atoms with Crippen molar-refractivity contribution in [2.45, 2.75) is 24.7 Å². The lowest BCUT2D eigenvalue weighted by Gasteiger charge is -2.28. The maximum Gasteiger partial charge on any atom is 0.420 e. The van der Waals surface area contributed by atoms with Crippen molar-refractivity contribution in [1.29, 1.82) is 0 Å². The summed E-state index contributed by atoms with van der Waals surface area (Å²) in [5, 5.41) is 2.80. The molecule has 1 saturated heterocycles. The number of piperidine rings is 1. The van der Waals surface area contributed by atoms with Gasteiger partial charge in [0.1, 0.15) is 17.4 Å². The number of hydrogen-bond acceptors (Lipinski definition) is 5. The van der Waals surface area contributed by atoms with Crippen molar-refractivity contribution >= 4 is 5.95 Å². The van der Waals surface area contributed by atoms with Crippen LogP contribution >= 0.6 is 0 Å². The first-order valence-electron chi connectivity index (χ1n) is 6.96. The molecule has 0 saturated carbocycles. The van der Waals surface area contributed by atoms with Gasteiger partial charge in [0.25, 0.3) is 0 Å². The Bertz CT molecular complexity index is 685. The van der Waals surface area contributed by atoms with Gasteiger partial charge >= 0.3 is 6.18 Å². The van der Waals surface area contributed by atoms with Crippen LogP contribution in [-0.2, 0) is 6.18 Å². The highest BCUT2D eigenvalue weighted by Crippen LogP contribution is 2.42. The number of anilines is 1. The molecule has 1 aliphatic heterocycles. The number of nitrogens with two attached hydrogens (primary N) is 1. The molecule has 2 atom stereocenters. The average Bonchev–Trinajstić information content (AvgIpc) is 2.99. The van der Waals surface area contributed by atoms with Crippen LogP contribution < -0.4 is 11.1 Å². The van der Waals surface area contributed by atoms with E-state index in [1.165, 1.54) is 12.5 Å². The number of alkyl halides is 4. The zero-order chi connectivity index (χ0) is 16.6. The van der Waals surface area contributed by atoms with Crippen LogP contribution in [0.1, 0.15) is 23.6 Å². The predicted octanol–water partition coefficient (Wildman–Crippen LogP) is 1.88. The van der Waals surface area contributed by atoms with E-state index >= 15 is 0 Å². The van der Waals surface area contributed by atoms with Gasteiger partial charge in [0, 0.05) is 12.5 Å². The minimum absolute atomic E-state index is 0.0226. The third-order valence-corrected chi connectivity index (χ3v) is 3.75. The molecular weight excluding hydrogens is 316 g/mol. The quantitative estimate of drug-likeness (QED) is 0.731. The monoisotopic (exact) mass is 330 g/mol. The van der Waals surface area contributed by atoms with Crippen LogP contribution in [0.3, 0.4) is 0 Å². The van der Waals surface area contributed by atoms with Gasteiger partial charge in [-0.1, -0.05) is 0 Å². The molecular formula is C13H14F4N6. The fraction of sp³-hybridized carbons (Fsp3) is 0.462. The average molecular weight is 330 g/mol. The highest BCUT2D eigenvalue weighted by atomic mass is 19.4. The van der Waals surface area contributed by atoms with E-state index in [9.17, 15) is 17.6 Å². The Morgan fingerprint density at radius 1 is 1.26 bits per heavy atom. The molecule has 1 fully saturated rings. The predicted molar refractivity (Wildman–Crippen MR) is 74.2 cm³/mol. The molecule has 0 spiro atoms. The first-order chi connectivity index (χ1) is 10.9. The zero-order valence-corrected chi connectivity index (χ0v) is 11.9. The molecule has 10 heteroatoms. The first-order valence-corrected chi connectivity index (χ1v) is 6.96. The minimum Gasteiger partial charge on any atom is -0.368 e. The summed E-state index contributed by atoms with van der Waals surface area (Å²) in [5.74, 6) is -1.32. The van der Waals surface area contributed by atoms with E-state index in [1.54, 1.807) is 0 Å². The van der Waals surface area contributed by atoms with Crippen LogP contribution in [0.15, 0.2) is 12.5 Å². The molecule has 2 aromatic rings. The molecule has 0 aromatic carbocycles. The van der Waals surface area contributed by atoms with E-state index in [2.05, 4.69) is 25.3 Å². The number of nitrogens with zero attached hydrogens (tertiary/aromatic N) is 3. The van der Waals surface area contributed by atoms with Gasteiger partial charge in [-0.25, -0.2) is 19.3 Å².